The van der Waals surface area contributed by atoms with Gasteiger partial charge in [-0.1, -0.05) is 18.6 Å². The van der Waals surface area contributed by atoms with Gasteiger partial charge in [-0.05, 0) is 43.6 Å². The Morgan fingerprint density at radius 3 is 2.54 bits per heavy atom. The molecule has 0 saturated carbocycles. The molecule has 1 atom stereocenters. The molecule has 3 rings (SSSR count). The third-order valence-corrected chi connectivity index (χ3v) is 4.73. The summed E-state index contributed by atoms with van der Waals surface area (Å²) >= 11 is 0. The molecule has 1 saturated heterocycles. The smallest absolute Gasteiger partial charge is 0.273 e. The minimum atomic E-state index is -0.300. The van der Waals surface area contributed by atoms with E-state index >= 15 is 0 Å². The zero-order valence-electron chi connectivity index (χ0n) is 15.0. The number of likely N-dealkylation sites (tertiary alicyclic amines) is 1. The van der Waals surface area contributed by atoms with Crippen molar-refractivity contribution in [3.63, 3.8) is 0 Å². The Balaban J connectivity index is 1.74. The van der Waals surface area contributed by atoms with Crippen LogP contribution in [0.3, 0.4) is 0 Å². The molecule has 0 spiro atoms. The summed E-state index contributed by atoms with van der Waals surface area (Å²) in [5.74, 6) is 0.664. The van der Waals surface area contributed by atoms with Crippen molar-refractivity contribution in [3.05, 3.63) is 47.9 Å². The van der Waals surface area contributed by atoms with Crippen molar-refractivity contribution < 1.29 is 9.53 Å². The quantitative estimate of drug-likeness (QED) is 0.823. The van der Waals surface area contributed by atoms with Crippen LogP contribution in [0.4, 0.5) is 5.82 Å². The molecule has 1 fully saturated rings. The lowest BCUT2D eigenvalue weighted by atomic mass is 10.0. The number of benzene rings is 1. The molecule has 138 valence electrons. The van der Waals surface area contributed by atoms with Crippen molar-refractivity contribution in [2.45, 2.75) is 25.3 Å². The van der Waals surface area contributed by atoms with Gasteiger partial charge in [0.15, 0.2) is 11.5 Å². The number of amides is 1. The van der Waals surface area contributed by atoms with Gasteiger partial charge in [0, 0.05) is 18.9 Å². The van der Waals surface area contributed by atoms with Gasteiger partial charge in [-0.25, -0.2) is 9.97 Å². The fraction of sp³-hybridized carbons (Fsp3) is 0.421. The summed E-state index contributed by atoms with van der Waals surface area (Å²) in [6.45, 7) is 2.54. The number of carbonyl (C=O) groups excluding carboxylic acids is 1. The Kier molecular flexibility index (Phi) is 6.01. The molecule has 2 aromatic rings. The van der Waals surface area contributed by atoms with E-state index in [1.807, 2.05) is 12.1 Å². The van der Waals surface area contributed by atoms with Crippen LogP contribution in [-0.4, -0.2) is 47.5 Å². The maximum absolute atomic E-state index is 12.5. The van der Waals surface area contributed by atoms with Gasteiger partial charge in [-0.15, -0.1) is 0 Å². The largest absolute Gasteiger partial charge is 0.497 e. The summed E-state index contributed by atoms with van der Waals surface area (Å²) < 4.78 is 5.25. The third-order valence-electron chi connectivity index (χ3n) is 4.73. The van der Waals surface area contributed by atoms with E-state index in [0.29, 0.717) is 6.54 Å². The minimum Gasteiger partial charge on any atom is -0.497 e. The maximum atomic E-state index is 12.5. The standard InChI is InChI=1S/C19H25N5O2/c1-26-15-7-5-14(6-8-15)16(24-11-3-2-4-12-24)13-23-19(25)17-18(20)22-10-9-21-17/h5-10,16H,2-4,11-13H2,1H3,(H2,20,22)(H,23,25). The zero-order valence-corrected chi connectivity index (χ0v) is 15.0. The van der Waals surface area contributed by atoms with Crippen LogP contribution in [0.15, 0.2) is 36.7 Å². The molecule has 0 bridgehead atoms. The molecule has 26 heavy (non-hydrogen) atoms. The Labute approximate surface area is 153 Å². The summed E-state index contributed by atoms with van der Waals surface area (Å²) in [5, 5.41) is 2.97. The lowest BCUT2D eigenvalue weighted by Gasteiger charge is -2.35. The number of nitrogen functional groups attached to an aromatic ring is 1. The van der Waals surface area contributed by atoms with Crippen LogP contribution in [0.2, 0.25) is 0 Å². The first-order valence-electron chi connectivity index (χ1n) is 8.91. The molecule has 1 amide bonds. The SMILES string of the molecule is COc1ccc(C(CNC(=O)c2nccnc2N)N2CCCCC2)cc1. The van der Waals surface area contributed by atoms with Gasteiger partial charge in [-0.3, -0.25) is 9.69 Å². The van der Waals surface area contributed by atoms with Crippen LogP contribution in [0.25, 0.3) is 0 Å². The second-order valence-corrected chi connectivity index (χ2v) is 6.39. The number of methoxy groups -OCH3 is 1. The second kappa shape index (κ2) is 8.62. The van der Waals surface area contributed by atoms with Gasteiger partial charge in [0.1, 0.15) is 5.75 Å². The number of nitrogens with two attached hydrogens (primary N) is 1. The number of nitrogens with one attached hydrogen (secondary N) is 1. The monoisotopic (exact) mass is 355 g/mol. The normalized spacial score (nSPS) is 16.0. The van der Waals surface area contributed by atoms with Crippen LogP contribution in [0.5, 0.6) is 5.75 Å². The zero-order chi connectivity index (χ0) is 18.4. The number of hydrogen-bond acceptors (Lipinski definition) is 6. The highest BCUT2D eigenvalue weighted by atomic mass is 16.5. The average molecular weight is 355 g/mol. The molecule has 1 aromatic carbocycles. The lowest BCUT2D eigenvalue weighted by Crippen LogP contribution is -2.41. The lowest BCUT2D eigenvalue weighted by molar-refractivity contribution is 0.0920. The molecular formula is C19H25N5O2. The molecule has 1 aliphatic rings. The van der Waals surface area contributed by atoms with Crippen LogP contribution in [0, 0.1) is 0 Å². The van der Waals surface area contributed by atoms with Gasteiger partial charge in [0.05, 0.1) is 13.2 Å². The first-order valence-corrected chi connectivity index (χ1v) is 8.91. The highest BCUT2D eigenvalue weighted by Gasteiger charge is 2.23. The molecule has 0 aliphatic carbocycles. The highest BCUT2D eigenvalue weighted by Crippen LogP contribution is 2.26. The van der Waals surface area contributed by atoms with Gasteiger partial charge < -0.3 is 15.8 Å². The van der Waals surface area contributed by atoms with E-state index in [1.165, 1.54) is 31.7 Å². The predicted molar refractivity (Wildman–Crippen MR) is 99.9 cm³/mol. The number of piperidine rings is 1. The van der Waals surface area contributed by atoms with E-state index < -0.39 is 0 Å². The van der Waals surface area contributed by atoms with Gasteiger partial charge in [-0.2, -0.15) is 0 Å². The van der Waals surface area contributed by atoms with E-state index in [9.17, 15) is 4.79 Å². The van der Waals surface area contributed by atoms with Gasteiger partial charge in [0.2, 0.25) is 0 Å². The molecule has 0 radical (unpaired) electrons. The van der Waals surface area contributed by atoms with Gasteiger partial charge in [0.25, 0.3) is 5.91 Å². The molecular weight excluding hydrogens is 330 g/mol. The number of hydrogen-bond donors (Lipinski definition) is 2. The summed E-state index contributed by atoms with van der Waals surface area (Å²) in [7, 11) is 1.66. The molecule has 3 N–H and O–H groups in total. The Morgan fingerprint density at radius 1 is 1.19 bits per heavy atom. The van der Waals surface area contributed by atoms with Crippen molar-refractivity contribution in [1.29, 1.82) is 0 Å². The van der Waals surface area contributed by atoms with Crippen molar-refractivity contribution in [2.24, 2.45) is 0 Å². The molecule has 1 unspecified atom stereocenters. The van der Waals surface area contributed by atoms with Crippen molar-refractivity contribution in [1.82, 2.24) is 20.2 Å². The minimum absolute atomic E-state index is 0.100. The van der Waals surface area contributed by atoms with Crippen LogP contribution in [-0.2, 0) is 0 Å². The van der Waals surface area contributed by atoms with Crippen molar-refractivity contribution >= 4 is 11.7 Å². The summed E-state index contributed by atoms with van der Waals surface area (Å²) in [6, 6.07) is 8.12. The number of carbonyl (C=O) groups is 1. The van der Waals surface area contributed by atoms with E-state index in [-0.39, 0.29) is 23.5 Å². The fourth-order valence-electron chi connectivity index (χ4n) is 3.31. The first kappa shape index (κ1) is 18.1. The molecule has 2 heterocycles. The molecule has 1 aromatic heterocycles. The average Bonchev–Trinajstić information content (AvgIpc) is 2.69. The van der Waals surface area contributed by atoms with Crippen molar-refractivity contribution in [2.75, 3.05) is 32.5 Å². The third kappa shape index (κ3) is 4.29. The number of aromatic nitrogens is 2. The second-order valence-electron chi connectivity index (χ2n) is 6.39. The van der Waals surface area contributed by atoms with E-state index in [4.69, 9.17) is 10.5 Å². The van der Waals surface area contributed by atoms with Crippen LogP contribution >= 0.6 is 0 Å². The molecule has 1 aliphatic heterocycles. The Morgan fingerprint density at radius 2 is 1.88 bits per heavy atom. The highest BCUT2D eigenvalue weighted by molar-refractivity contribution is 5.96. The van der Waals surface area contributed by atoms with Crippen LogP contribution < -0.4 is 15.8 Å². The number of rotatable bonds is 6. The number of ether oxygens (including phenoxy) is 1. The number of anilines is 1. The van der Waals surface area contributed by atoms with Crippen LogP contribution in [0.1, 0.15) is 41.4 Å². The maximum Gasteiger partial charge on any atom is 0.273 e. The fourth-order valence-corrected chi connectivity index (χ4v) is 3.31. The topological polar surface area (TPSA) is 93.4 Å². The molecule has 7 nitrogen and oxygen atoms in total. The van der Waals surface area contributed by atoms with E-state index in [2.05, 4.69) is 32.3 Å². The van der Waals surface area contributed by atoms with Crippen molar-refractivity contribution in [3.8, 4) is 5.75 Å². The van der Waals surface area contributed by atoms with Gasteiger partial charge >= 0.3 is 0 Å². The molecule has 7 heteroatoms. The first-order chi connectivity index (χ1) is 12.7. The van der Waals surface area contributed by atoms with E-state index in [0.717, 1.165) is 24.4 Å². The summed E-state index contributed by atoms with van der Waals surface area (Å²) in [6.07, 6.45) is 6.56. The Hall–Kier alpha value is -2.67. The predicted octanol–water partition coefficient (Wildman–Crippen LogP) is 2.02. The number of nitrogens with zero attached hydrogens (tertiary/aromatic N) is 3. The van der Waals surface area contributed by atoms with E-state index in [1.54, 1.807) is 7.11 Å². The Bertz CT molecular complexity index is 729. The summed E-state index contributed by atoms with van der Waals surface area (Å²) in [4.78, 5) is 22.8. The summed E-state index contributed by atoms with van der Waals surface area (Å²) in [5.41, 5.74) is 7.07.